The van der Waals surface area contributed by atoms with Gasteiger partial charge in [-0.1, -0.05) is 31.2 Å². The second-order valence-electron chi connectivity index (χ2n) is 7.23. The number of nitrogens with one attached hydrogen (secondary N) is 2. The van der Waals surface area contributed by atoms with E-state index in [1.165, 1.54) is 11.1 Å². The topological polar surface area (TPSA) is 58.2 Å². The lowest BCUT2D eigenvalue weighted by molar-refractivity contribution is -0.123. The molecule has 2 amide bonds. The zero-order valence-corrected chi connectivity index (χ0v) is 14.0. The van der Waals surface area contributed by atoms with Gasteiger partial charge in [-0.2, -0.15) is 0 Å². The summed E-state index contributed by atoms with van der Waals surface area (Å²) < 4.78 is 0. The maximum Gasteiger partial charge on any atom is 0.223 e. The largest absolute Gasteiger partial charge is 0.355 e. The Morgan fingerprint density at radius 1 is 1.22 bits per heavy atom. The van der Waals surface area contributed by atoms with Gasteiger partial charge in [0.25, 0.3) is 0 Å². The molecule has 3 rings (SSSR count). The first-order valence-electron chi connectivity index (χ1n) is 8.62. The molecule has 0 aromatic heterocycles. The molecular formula is C19H26N2O2. The monoisotopic (exact) mass is 314 g/mol. The number of aryl methyl sites for hydroxylation is 1. The second-order valence-corrected chi connectivity index (χ2v) is 7.23. The van der Waals surface area contributed by atoms with Gasteiger partial charge in [-0.05, 0) is 43.2 Å². The van der Waals surface area contributed by atoms with Crippen molar-refractivity contribution in [2.24, 2.45) is 11.8 Å². The number of carbonyl (C=O) groups is 2. The fraction of sp³-hybridized carbons (Fsp3) is 0.579. The van der Waals surface area contributed by atoms with Crippen LogP contribution in [0.1, 0.15) is 43.7 Å². The van der Waals surface area contributed by atoms with Crippen molar-refractivity contribution >= 4 is 11.8 Å². The first kappa shape index (κ1) is 16.0. The van der Waals surface area contributed by atoms with E-state index in [4.69, 9.17) is 0 Å². The Labute approximate surface area is 138 Å². The molecule has 2 N–H and O–H groups in total. The summed E-state index contributed by atoms with van der Waals surface area (Å²) in [4.78, 5) is 23.7. The van der Waals surface area contributed by atoms with Gasteiger partial charge in [0.2, 0.25) is 11.8 Å². The molecule has 0 aliphatic heterocycles. The van der Waals surface area contributed by atoms with E-state index in [9.17, 15) is 9.59 Å². The van der Waals surface area contributed by atoms with Gasteiger partial charge >= 0.3 is 0 Å². The van der Waals surface area contributed by atoms with Crippen LogP contribution in [0.25, 0.3) is 0 Å². The number of benzene rings is 1. The Morgan fingerprint density at radius 2 is 1.91 bits per heavy atom. The number of hydrogen-bond acceptors (Lipinski definition) is 2. The molecule has 0 radical (unpaired) electrons. The molecule has 0 spiro atoms. The fourth-order valence-electron chi connectivity index (χ4n) is 3.33. The summed E-state index contributed by atoms with van der Waals surface area (Å²) in [5, 5.41) is 5.91. The molecule has 124 valence electrons. The van der Waals surface area contributed by atoms with E-state index in [1.807, 2.05) is 0 Å². The summed E-state index contributed by atoms with van der Waals surface area (Å²) in [5.41, 5.74) is 2.79. The van der Waals surface area contributed by atoms with Crippen LogP contribution in [0.4, 0.5) is 0 Å². The van der Waals surface area contributed by atoms with Crippen LogP contribution in [-0.2, 0) is 15.0 Å². The average molecular weight is 314 g/mol. The summed E-state index contributed by atoms with van der Waals surface area (Å²) >= 11 is 0. The Bertz CT molecular complexity index is 607. The maximum atomic E-state index is 12.0. The molecule has 0 unspecified atom stereocenters. The zero-order chi connectivity index (χ0) is 16.4. The molecule has 2 aliphatic carbocycles. The summed E-state index contributed by atoms with van der Waals surface area (Å²) in [7, 11) is 0. The molecule has 1 aromatic rings. The first-order valence-corrected chi connectivity index (χ1v) is 8.62. The van der Waals surface area contributed by atoms with Crippen LogP contribution in [0.15, 0.2) is 24.3 Å². The fourth-order valence-corrected chi connectivity index (χ4v) is 3.33. The summed E-state index contributed by atoms with van der Waals surface area (Å²) in [6.45, 7) is 5.35. The van der Waals surface area contributed by atoms with Crippen LogP contribution in [0.3, 0.4) is 0 Å². The lowest BCUT2D eigenvalue weighted by Gasteiger charge is -2.19. The molecule has 2 saturated carbocycles. The molecule has 2 fully saturated rings. The molecule has 23 heavy (non-hydrogen) atoms. The van der Waals surface area contributed by atoms with Crippen LogP contribution < -0.4 is 10.6 Å². The van der Waals surface area contributed by atoms with E-state index in [0.717, 1.165) is 19.3 Å². The van der Waals surface area contributed by atoms with Crippen LogP contribution in [0.2, 0.25) is 0 Å². The second kappa shape index (κ2) is 6.34. The first-order chi connectivity index (χ1) is 11.0. The quantitative estimate of drug-likeness (QED) is 0.811. The zero-order valence-electron chi connectivity index (χ0n) is 14.0. The van der Waals surface area contributed by atoms with E-state index in [2.05, 4.69) is 48.7 Å². The highest BCUT2D eigenvalue weighted by atomic mass is 16.2. The molecule has 4 nitrogen and oxygen atoms in total. The van der Waals surface area contributed by atoms with Crippen molar-refractivity contribution in [1.82, 2.24) is 10.6 Å². The normalized spacial score (nSPS) is 23.9. The number of amides is 2. The van der Waals surface area contributed by atoms with E-state index in [1.54, 1.807) is 0 Å². The third-order valence-electron chi connectivity index (χ3n) is 5.29. The summed E-state index contributed by atoms with van der Waals surface area (Å²) in [6.07, 6.45) is 3.61. The van der Waals surface area contributed by atoms with Crippen molar-refractivity contribution in [3.8, 4) is 0 Å². The minimum Gasteiger partial charge on any atom is -0.355 e. The smallest absolute Gasteiger partial charge is 0.223 e. The third-order valence-corrected chi connectivity index (χ3v) is 5.29. The molecule has 0 bridgehead atoms. The van der Waals surface area contributed by atoms with Gasteiger partial charge in [0, 0.05) is 30.8 Å². The minimum absolute atomic E-state index is 0.0222. The van der Waals surface area contributed by atoms with Crippen LogP contribution >= 0.6 is 0 Å². The predicted molar refractivity (Wildman–Crippen MR) is 90.0 cm³/mol. The van der Waals surface area contributed by atoms with Crippen molar-refractivity contribution in [3.05, 3.63) is 35.4 Å². The van der Waals surface area contributed by atoms with E-state index in [0.29, 0.717) is 25.4 Å². The highest BCUT2D eigenvalue weighted by molar-refractivity contribution is 5.82. The molecule has 0 heterocycles. The van der Waals surface area contributed by atoms with Crippen molar-refractivity contribution in [1.29, 1.82) is 0 Å². The Kier molecular flexibility index (Phi) is 4.42. The number of carbonyl (C=O) groups excluding carboxylic acids is 2. The minimum atomic E-state index is 0.0222. The maximum absolute atomic E-state index is 12.0. The Hall–Kier alpha value is -1.84. The highest BCUT2D eigenvalue weighted by Gasteiger charge is 2.45. The van der Waals surface area contributed by atoms with Crippen molar-refractivity contribution in [2.75, 3.05) is 13.1 Å². The summed E-state index contributed by atoms with van der Waals surface area (Å²) in [6, 6.07) is 8.42. The summed E-state index contributed by atoms with van der Waals surface area (Å²) in [5.74, 6) is 0.805. The molecule has 2 aliphatic rings. The highest BCUT2D eigenvalue weighted by Crippen LogP contribution is 2.48. The van der Waals surface area contributed by atoms with E-state index >= 15 is 0 Å². The van der Waals surface area contributed by atoms with Crippen LogP contribution in [-0.4, -0.2) is 24.9 Å². The molecular weight excluding hydrogens is 288 g/mol. The van der Waals surface area contributed by atoms with Gasteiger partial charge in [0.15, 0.2) is 0 Å². The Morgan fingerprint density at radius 3 is 2.52 bits per heavy atom. The van der Waals surface area contributed by atoms with Gasteiger partial charge in [0.05, 0.1) is 0 Å². The van der Waals surface area contributed by atoms with Crippen molar-refractivity contribution < 1.29 is 9.59 Å². The van der Waals surface area contributed by atoms with Gasteiger partial charge in [-0.25, -0.2) is 0 Å². The molecule has 1 aromatic carbocycles. The van der Waals surface area contributed by atoms with Crippen molar-refractivity contribution in [2.45, 2.75) is 44.9 Å². The molecule has 4 heteroatoms. The van der Waals surface area contributed by atoms with Crippen molar-refractivity contribution in [3.63, 3.8) is 0 Å². The average Bonchev–Trinajstić information content (AvgIpc) is 3.43. The number of rotatable bonds is 7. The molecule has 0 saturated heterocycles. The standard InChI is InChI=1S/C19H26N2O2/c1-13-5-3-4-6-16(13)19(8-9-19)12-21-17(22)7-10-20-18(23)15-11-14(15)2/h3-6,14-15H,7-12H2,1-2H3,(H,20,23)(H,21,22)/t14-,15-/m1/s1. The van der Waals surface area contributed by atoms with Gasteiger partial charge in [-0.15, -0.1) is 0 Å². The van der Waals surface area contributed by atoms with Gasteiger partial charge in [0.1, 0.15) is 0 Å². The molecule has 2 atom stereocenters. The Balaban J connectivity index is 1.41. The predicted octanol–water partition coefficient (Wildman–Crippen LogP) is 2.31. The van der Waals surface area contributed by atoms with Gasteiger partial charge < -0.3 is 10.6 Å². The van der Waals surface area contributed by atoms with E-state index < -0.39 is 0 Å². The lowest BCUT2D eigenvalue weighted by atomic mass is 9.92. The van der Waals surface area contributed by atoms with Crippen LogP contribution in [0.5, 0.6) is 0 Å². The van der Waals surface area contributed by atoms with E-state index in [-0.39, 0.29) is 23.1 Å². The number of hydrogen-bond donors (Lipinski definition) is 2. The lowest BCUT2D eigenvalue weighted by Crippen LogP contribution is -2.35. The van der Waals surface area contributed by atoms with Gasteiger partial charge in [-0.3, -0.25) is 9.59 Å². The SMILES string of the molecule is Cc1ccccc1C1(CNC(=O)CCNC(=O)[C@@H]2C[C@H]2C)CC1. The van der Waals surface area contributed by atoms with Crippen LogP contribution in [0, 0.1) is 18.8 Å². The third kappa shape index (κ3) is 3.74.